The van der Waals surface area contributed by atoms with E-state index < -0.39 is 10.0 Å². The smallest absolute Gasteiger partial charge is 0.240 e. The lowest BCUT2D eigenvalue weighted by molar-refractivity contribution is 0.357. The number of rotatable bonds is 6. The van der Waals surface area contributed by atoms with E-state index in [0.717, 1.165) is 12.8 Å². The predicted molar refractivity (Wildman–Crippen MR) is 82.6 cm³/mol. The first-order valence-corrected chi connectivity index (χ1v) is 8.92. The van der Waals surface area contributed by atoms with E-state index in [4.69, 9.17) is 10.5 Å². The molecule has 1 aliphatic carbocycles. The first-order chi connectivity index (χ1) is 10.1. The van der Waals surface area contributed by atoms with Gasteiger partial charge in [0, 0.05) is 18.7 Å². The lowest BCUT2D eigenvalue weighted by atomic mass is 9.90. The summed E-state index contributed by atoms with van der Waals surface area (Å²) in [4.78, 5) is 0.250. The molecule has 0 saturated heterocycles. The topological polar surface area (TPSA) is 81.4 Å². The highest BCUT2D eigenvalue weighted by Gasteiger charge is 2.19. The third-order valence-corrected chi connectivity index (χ3v) is 5.49. The number of benzene rings is 1. The minimum atomic E-state index is -3.48. The van der Waals surface area contributed by atoms with Crippen LogP contribution in [-0.2, 0) is 16.6 Å². The molecule has 118 valence electrons. The highest BCUT2D eigenvalue weighted by atomic mass is 32.2. The summed E-state index contributed by atoms with van der Waals surface area (Å²) in [5.74, 6) is 1.07. The van der Waals surface area contributed by atoms with Crippen molar-refractivity contribution >= 4 is 10.0 Å². The van der Waals surface area contributed by atoms with Crippen molar-refractivity contribution in [2.24, 2.45) is 11.7 Å². The molecule has 21 heavy (non-hydrogen) atoms. The molecule has 0 heterocycles. The van der Waals surface area contributed by atoms with E-state index in [9.17, 15) is 8.42 Å². The molecule has 0 unspecified atom stereocenters. The maximum atomic E-state index is 12.3. The molecule has 0 aromatic heterocycles. The van der Waals surface area contributed by atoms with Gasteiger partial charge in [0.25, 0.3) is 0 Å². The predicted octanol–water partition coefficient (Wildman–Crippen LogP) is 2.01. The maximum Gasteiger partial charge on any atom is 0.240 e. The second kappa shape index (κ2) is 7.24. The first kappa shape index (κ1) is 16.3. The van der Waals surface area contributed by atoms with Gasteiger partial charge in [-0.3, -0.25) is 0 Å². The molecule has 0 radical (unpaired) electrons. The Morgan fingerprint density at radius 2 is 2.00 bits per heavy atom. The van der Waals surface area contributed by atoms with Crippen molar-refractivity contribution < 1.29 is 13.2 Å². The number of ether oxygens (including phenoxy) is 1. The van der Waals surface area contributed by atoms with Gasteiger partial charge in [-0.15, -0.1) is 0 Å². The van der Waals surface area contributed by atoms with E-state index >= 15 is 0 Å². The Morgan fingerprint density at radius 3 is 2.62 bits per heavy atom. The van der Waals surface area contributed by atoms with Crippen LogP contribution in [0.2, 0.25) is 0 Å². The Hall–Kier alpha value is -1.11. The van der Waals surface area contributed by atoms with Gasteiger partial charge in [-0.1, -0.05) is 19.3 Å². The molecule has 0 aliphatic heterocycles. The summed E-state index contributed by atoms with van der Waals surface area (Å²) in [6, 6.07) is 4.79. The molecule has 0 atom stereocenters. The summed E-state index contributed by atoms with van der Waals surface area (Å²) in [5, 5.41) is 0. The Morgan fingerprint density at radius 1 is 1.29 bits per heavy atom. The van der Waals surface area contributed by atoms with Crippen molar-refractivity contribution in [2.75, 3.05) is 13.7 Å². The molecule has 0 spiro atoms. The van der Waals surface area contributed by atoms with Crippen LogP contribution in [0.4, 0.5) is 0 Å². The minimum absolute atomic E-state index is 0.245. The Bertz CT molecular complexity index is 566. The van der Waals surface area contributed by atoms with Gasteiger partial charge in [0.15, 0.2) is 0 Å². The summed E-state index contributed by atoms with van der Waals surface area (Å²) < 4.78 is 32.6. The zero-order chi connectivity index (χ0) is 15.3. The van der Waals surface area contributed by atoms with Crippen LogP contribution in [0.3, 0.4) is 0 Å². The van der Waals surface area contributed by atoms with Gasteiger partial charge in [-0.2, -0.15) is 0 Å². The molecule has 0 amide bonds. The number of hydrogen-bond donors (Lipinski definition) is 2. The quantitative estimate of drug-likeness (QED) is 0.842. The zero-order valence-corrected chi connectivity index (χ0v) is 13.3. The van der Waals surface area contributed by atoms with Crippen LogP contribution in [0, 0.1) is 5.92 Å². The van der Waals surface area contributed by atoms with Crippen LogP contribution in [0.5, 0.6) is 5.75 Å². The second-order valence-electron chi connectivity index (χ2n) is 5.53. The third-order valence-electron chi connectivity index (χ3n) is 4.07. The molecule has 1 aliphatic rings. The van der Waals surface area contributed by atoms with Crippen LogP contribution in [-0.4, -0.2) is 22.1 Å². The van der Waals surface area contributed by atoms with E-state index in [0.29, 0.717) is 23.8 Å². The van der Waals surface area contributed by atoms with E-state index in [1.54, 1.807) is 25.3 Å². The Balaban J connectivity index is 2.07. The van der Waals surface area contributed by atoms with Gasteiger partial charge in [-0.25, -0.2) is 13.1 Å². The molecule has 0 bridgehead atoms. The summed E-state index contributed by atoms with van der Waals surface area (Å²) in [6.45, 7) is 0.765. The van der Waals surface area contributed by atoms with Crippen LogP contribution < -0.4 is 15.2 Å². The second-order valence-corrected chi connectivity index (χ2v) is 7.30. The number of hydrogen-bond acceptors (Lipinski definition) is 4. The van der Waals surface area contributed by atoms with Crippen molar-refractivity contribution in [1.29, 1.82) is 0 Å². The van der Waals surface area contributed by atoms with Gasteiger partial charge in [0.05, 0.1) is 12.0 Å². The van der Waals surface area contributed by atoms with E-state index in [1.165, 1.54) is 19.3 Å². The fourth-order valence-corrected chi connectivity index (χ4v) is 3.95. The van der Waals surface area contributed by atoms with Gasteiger partial charge >= 0.3 is 0 Å². The largest absolute Gasteiger partial charge is 0.496 e. The summed E-state index contributed by atoms with van der Waals surface area (Å²) in [5.41, 5.74) is 6.33. The highest BCUT2D eigenvalue weighted by molar-refractivity contribution is 7.89. The lowest BCUT2D eigenvalue weighted by Gasteiger charge is -2.21. The summed E-state index contributed by atoms with van der Waals surface area (Å²) in [7, 11) is -1.93. The molecule has 1 aromatic carbocycles. The molecule has 1 aromatic rings. The zero-order valence-electron chi connectivity index (χ0n) is 12.5. The SMILES string of the molecule is COc1ccc(S(=O)(=O)NCC2CCCCC2)cc1CN. The van der Waals surface area contributed by atoms with Crippen molar-refractivity contribution in [2.45, 2.75) is 43.5 Å². The molecular weight excluding hydrogens is 288 g/mol. The fourth-order valence-electron chi connectivity index (χ4n) is 2.78. The summed E-state index contributed by atoms with van der Waals surface area (Å²) in [6.07, 6.45) is 5.89. The van der Waals surface area contributed by atoms with Crippen LogP contribution >= 0.6 is 0 Å². The number of nitrogens with two attached hydrogens (primary N) is 1. The molecular formula is C15H24N2O3S. The number of nitrogens with one attached hydrogen (secondary N) is 1. The van der Waals surface area contributed by atoms with E-state index in [1.807, 2.05) is 0 Å². The van der Waals surface area contributed by atoms with Gasteiger partial charge in [0.1, 0.15) is 5.75 Å². The number of methoxy groups -OCH3 is 1. The van der Waals surface area contributed by atoms with E-state index in [2.05, 4.69) is 4.72 Å². The van der Waals surface area contributed by atoms with Crippen molar-refractivity contribution in [1.82, 2.24) is 4.72 Å². The number of sulfonamides is 1. The minimum Gasteiger partial charge on any atom is -0.496 e. The third kappa shape index (κ3) is 4.18. The Kier molecular flexibility index (Phi) is 5.61. The molecule has 1 saturated carbocycles. The fraction of sp³-hybridized carbons (Fsp3) is 0.600. The van der Waals surface area contributed by atoms with Crippen molar-refractivity contribution in [3.63, 3.8) is 0 Å². The average Bonchev–Trinajstić information content (AvgIpc) is 2.53. The first-order valence-electron chi connectivity index (χ1n) is 7.43. The van der Waals surface area contributed by atoms with Crippen molar-refractivity contribution in [3.05, 3.63) is 23.8 Å². The Labute approximate surface area is 126 Å². The summed E-state index contributed by atoms with van der Waals surface area (Å²) >= 11 is 0. The molecule has 2 rings (SSSR count). The molecule has 1 fully saturated rings. The molecule has 3 N–H and O–H groups in total. The maximum absolute atomic E-state index is 12.3. The van der Waals surface area contributed by atoms with Crippen LogP contribution in [0.15, 0.2) is 23.1 Å². The molecule has 5 nitrogen and oxygen atoms in total. The van der Waals surface area contributed by atoms with Crippen LogP contribution in [0.1, 0.15) is 37.7 Å². The standard InChI is InChI=1S/C15H24N2O3S/c1-20-15-8-7-14(9-13(15)10-16)21(18,19)17-11-12-5-3-2-4-6-12/h7-9,12,17H,2-6,10-11,16H2,1H3. The monoisotopic (exact) mass is 312 g/mol. The lowest BCUT2D eigenvalue weighted by Crippen LogP contribution is -2.30. The van der Waals surface area contributed by atoms with Gasteiger partial charge in [0.2, 0.25) is 10.0 Å². The van der Waals surface area contributed by atoms with Crippen LogP contribution in [0.25, 0.3) is 0 Å². The van der Waals surface area contributed by atoms with E-state index in [-0.39, 0.29) is 11.4 Å². The van der Waals surface area contributed by atoms with Gasteiger partial charge < -0.3 is 10.5 Å². The average molecular weight is 312 g/mol. The van der Waals surface area contributed by atoms with Gasteiger partial charge in [-0.05, 0) is 37.0 Å². The van der Waals surface area contributed by atoms with Crippen molar-refractivity contribution in [3.8, 4) is 5.75 Å². The molecule has 6 heteroatoms. The highest BCUT2D eigenvalue weighted by Crippen LogP contribution is 2.24. The normalized spacial score (nSPS) is 16.9.